The first kappa shape index (κ1) is 20.0. The van der Waals surface area contributed by atoms with E-state index in [-0.39, 0.29) is 10.8 Å². The molecule has 5 rings (SSSR count). The highest BCUT2D eigenvalue weighted by Gasteiger charge is 2.23. The van der Waals surface area contributed by atoms with E-state index >= 15 is 0 Å². The number of thiophene rings is 1. The van der Waals surface area contributed by atoms with Crippen molar-refractivity contribution >= 4 is 33.5 Å². The second kappa shape index (κ2) is 6.79. The summed E-state index contributed by atoms with van der Waals surface area (Å²) in [6, 6.07) is 16.3. The Balaban J connectivity index is 1.57. The van der Waals surface area contributed by atoms with Crippen molar-refractivity contribution in [1.82, 2.24) is 9.97 Å². The van der Waals surface area contributed by atoms with E-state index in [1.807, 2.05) is 36.4 Å². The van der Waals surface area contributed by atoms with Crippen molar-refractivity contribution in [1.29, 1.82) is 0 Å². The van der Waals surface area contributed by atoms with E-state index in [9.17, 15) is 0 Å². The van der Waals surface area contributed by atoms with Crippen LogP contribution in [0.2, 0.25) is 0 Å². The van der Waals surface area contributed by atoms with Gasteiger partial charge in [0.05, 0.1) is 9.75 Å². The van der Waals surface area contributed by atoms with E-state index in [1.54, 1.807) is 11.3 Å². The minimum Gasteiger partial charge on any atom is -0.435 e. The summed E-state index contributed by atoms with van der Waals surface area (Å²) in [5.74, 6) is 1.27. The molecule has 0 saturated carbocycles. The number of fused-ring (bicyclic) bond motifs is 2. The predicted molar refractivity (Wildman–Crippen MR) is 128 cm³/mol. The molecule has 0 spiro atoms. The monoisotopic (exact) mass is 430 g/mol. The highest BCUT2D eigenvalue weighted by Crippen LogP contribution is 2.39. The summed E-state index contributed by atoms with van der Waals surface area (Å²) in [4.78, 5) is 11.6. The first-order valence-electron chi connectivity index (χ1n) is 10.5. The summed E-state index contributed by atoms with van der Waals surface area (Å²) in [6.07, 6.45) is 0. The zero-order valence-electron chi connectivity index (χ0n) is 18.7. The first-order valence-corrected chi connectivity index (χ1v) is 11.3. The lowest BCUT2D eigenvalue weighted by molar-refractivity contribution is 0.593. The number of hydrogen-bond acceptors (Lipinski definition) is 5. The largest absolute Gasteiger partial charge is 0.435 e. The molecular weight excluding hydrogens is 404 g/mol. The van der Waals surface area contributed by atoms with E-state index in [2.05, 4.69) is 53.7 Å². The van der Waals surface area contributed by atoms with E-state index in [4.69, 9.17) is 18.8 Å². The third kappa shape index (κ3) is 3.47. The Morgan fingerprint density at radius 3 is 1.42 bits per heavy atom. The molecule has 0 radical (unpaired) electrons. The molecule has 0 fully saturated rings. The van der Waals surface area contributed by atoms with Crippen LogP contribution in [0.5, 0.6) is 0 Å². The van der Waals surface area contributed by atoms with Gasteiger partial charge in [-0.25, -0.2) is 9.97 Å². The van der Waals surface area contributed by atoms with Gasteiger partial charge in [-0.3, -0.25) is 0 Å². The van der Waals surface area contributed by atoms with Gasteiger partial charge in [-0.2, -0.15) is 0 Å². The summed E-state index contributed by atoms with van der Waals surface area (Å²) in [7, 11) is 0. The number of benzene rings is 2. The number of aromatic nitrogens is 2. The summed E-state index contributed by atoms with van der Waals surface area (Å²) in [5.41, 5.74) is 5.85. The van der Waals surface area contributed by atoms with Crippen LogP contribution >= 0.6 is 11.3 Å². The van der Waals surface area contributed by atoms with Gasteiger partial charge >= 0.3 is 0 Å². The third-order valence-corrected chi connectivity index (χ3v) is 6.54. The molecule has 0 aliphatic heterocycles. The zero-order valence-corrected chi connectivity index (χ0v) is 19.6. The Morgan fingerprint density at radius 2 is 1.03 bits per heavy atom. The molecule has 4 nitrogen and oxygen atoms in total. The van der Waals surface area contributed by atoms with Crippen molar-refractivity contribution in [3.8, 4) is 21.5 Å². The fraction of sp³-hybridized carbons (Fsp3) is 0.308. The van der Waals surface area contributed by atoms with Crippen LogP contribution < -0.4 is 0 Å². The molecule has 0 amide bonds. The Labute approximate surface area is 185 Å². The van der Waals surface area contributed by atoms with E-state index in [1.165, 1.54) is 11.1 Å². The number of hydrogen-bond donors (Lipinski definition) is 0. The minimum atomic E-state index is -0.00276. The summed E-state index contributed by atoms with van der Waals surface area (Å²) in [5, 5.41) is 0. The van der Waals surface area contributed by atoms with E-state index < -0.39 is 0 Å². The Kier molecular flexibility index (Phi) is 4.38. The molecule has 0 atom stereocenters. The van der Waals surface area contributed by atoms with E-state index in [0.717, 1.165) is 32.0 Å². The van der Waals surface area contributed by atoms with Gasteiger partial charge in [0.2, 0.25) is 11.8 Å². The average Bonchev–Trinajstić information content (AvgIpc) is 3.41. The van der Waals surface area contributed by atoms with Crippen LogP contribution in [0.15, 0.2) is 57.4 Å². The van der Waals surface area contributed by atoms with E-state index in [0.29, 0.717) is 11.8 Å². The SMILES string of the molecule is CC(C)(C)c1cccc2oc(-c3ccc(-c4nc5c(C(C)(C)C)cccc5o4)s3)nc12. The third-order valence-electron chi connectivity index (χ3n) is 5.48. The van der Waals surface area contributed by atoms with Crippen LogP contribution in [0.1, 0.15) is 52.7 Å². The normalized spacial score (nSPS) is 12.8. The second-order valence-electron chi connectivity index (χ2n) is 10.0. The zero-order chi connectivity index (χ0) is 22.0. The number of nitrogens with zero attached hydrogens (tertiary/aromatic N) is 2. The quantitative estimate of drug-likeness (QED) is 0.285. The molecule has 0 saturated heterocycles. The lowest BCUT2D eigenvalue weighted by Gasteiger charge is -2.18. The van der Waals surface area contributed by atoms with Crippen LogP contribution in [-0.4, -0.2) is 9.97 Å². The van der Waals surface area contributed by atoms with Crippen molar-refractivity contribution in [2.45, 2.75) is 52.4 Å². The molecule has 0 N–H and O–H groups in total. The highest BCUT2D eigenvalue weighted by molar-refractivity contribution is 7.18. The van der Waals surface area contributed by atoms with Crippen LogP contribution in [0.3, 0.4) is 0 Å². The van der Waals surface area contributed by atoms with Gasteiger partial charge in [-0.15, -0.1) is 11.3 Å². The fourth-order valence-corrected chi connectivity index (χ4v) is 4.74. The van der Waals surface area contributed by atoms with Gasteiger partial charge in [-0.1, -0.05) is 65.8 Å². The van der Waals surface area contributed by atoms with Crippen molar-refractivity contribution < 1.29 is 8.83 Å². The molecule has 3 aromatic heterocycles. The molecule has 5 aromatic rings. The number of rotatable bonds is 2. The predicted octanol–water partition coefficient (Wildman–Crippen LogP) is 7.96. The molecule has 5 heteroatoms. The maximum atomic E-state index is 6.11. The standard InChI is InChI=1S/C26H26N2O2S/c1-25(2,3)15-9-7-11-17-21(15)27-23(29-17)19-13-14-20(31-19)24-28-22-16(26(4,5)6)10-8-12-18(22)30-24/h7-14H,1-6H3. The molecule has 0 aliphatic carbocycles. The lowest BCUT2D eigenvalue weighted by Crippen LogP contribution is -2.11. The molecule has 31 heavy (non-hydrogen) atoms. The van der Waals surface area contributed by atoms with Crippen molar-refractivity contribution in [3.05, 3.63) is 59.7 Å². The van der Waals surface area contributed by atoms with Crippen LogP contribution in [0.4, 0.5) is 0 Å². The fourth-order valence-electron chi connectivity index (χ4n) is 3.89. The lowest BCUT2D eigenvalue weighted by atomic mass is 9.86. The van der Waals surface area contributed by atoms with Gasteiger partial charge in [0.25, 0.3) is 0 Å². The van der Waals surface area contributed by atoms with Gasteiger partial charge in [0.1, 0.15) is 11.0 Å². The van der Waals surface area contributed by atoms with Gasteiger partial charge in [-0.05, 0) is 46.2 Å². The van der Waals surface area contributed by atoms with Crippen LogP contribution in [0.25, 0.3) is 43.7 Å². The smallest absolute Gasteiger partial charge is 0.237 e. The average molecular weight is 431 g/mol. The molecule has 3 heterocycles. The van der Waals surface area contributed by atoms with Gasteiger partial charge in [0, 0.05) is 0 Å². The maximum absolute atomic E-state index is 6.11. The number of para-hydroxylation sites is 2. The summed E-state index contributed by atoms with van der Waals surface area (Å²) >= 11 is 1.58. The van der Waals surface area contributed by atoms with Gasteiger partial charge < -0.3 is 8.83 Å². The maximum Gasteiger partial charge on any atom is 0.237 e. The van der Waals surface area contributed by atoms with Crippen molar-refractivity contribution in [2.24, 2.45) is 0 Å². The summed E-state index contributed by atoms with van der Waals surface area (Å²) in [6.45, 7) is 13.2. The Bertz CT molecular complexity index is 1300. The Hall–Kier alpha value is -2.92. The Morgan fingerprint density at radius 1 is 0.613 bits per heavy atom. The van der Waals surface area contributed by atoms with Crippen molar-refractivity contribution in [2.75, 3.05) is 0 Å². The first-order chi connectivity index (χ1) is 14.6. The molecule has 0 unspecified atom stereocenters. The topological polar surface area (TPSA) is 52.1 Å². The molecule has 158 valence electrons. The summed E-state index contributed by atoms with van der Waals surface area (Å²) < 4.78 is 12.2. The molecule has 2 aromatic carbocycles. The number of oxazole rings is 2. The van der Waals surface area contributed by atoms with Gasteiger partial charge in [0.15, 0.2) is 11.2 Å². The minimum absolute atomic E-state index is 0.00276. The molecule has 0 aliphatic rings. The highest BCUT2D eigenvalue weighted by atomic mass is 32.1. The second-order valence-corrected chi connectivity index (χ2v) is 11.1. The van der Waals surface area contributed by atoms with Crippen molar-refractivity contribution in [3.63, 3.8) is 0 Å². The van der Waals surface area contributed by atoms with Crippen LogP contribution in [-0.2, 0) is 10.8 Å². The molecular formula is C26H26N2O2S. The molecule has 0 bridgehead atoms. The van der Waals surface area contributed by atoms with Crippen LogP contribution in [0, 0.1) is 0 Å².